The van der Waals surface area contributed by atoms with E-state index < -0.39 is 0 Å². The van der Waals surface area contributed by atoms with Gasteiger partial charge in [-0.05, 0) is 45.9 Å². The second-order valence-corrected chi connectivity index (χ2v) is 5.99. The molecule has 2 aromatic heterocycles. The summed E-state index contributed by atoms with van der Waals surface area (Å²) < 4.78 is 5.70. The molecule has 6 nitrogen and oxygen atoms in total. The maximum absolute atomic E-state index is 5.70. The highest BCUT2D eigenvalue weighted by molar-refractivity contribution is 5.37. The predicted octanol–water partition coefficient (Wildman–Crippen LogP) is 2.18. The highest BCUT2D eigenvalue weighted by atomic mass is 16.4. The van der Waals surface area contributed by atoms with Crippen molar-refractivity contribution in [1.82, 2.24) is 20.1 Å². The molecule has 118 valence electrons. The van der Waals surface area contributed by atoms with Crippen molar-refractivity contribution in [3.05, 3.63) is 35.7 Å². The van der Waals surface area contributed by atoms with Crippen molar-refractivity contribution in [3.8, 4) is 0 Å². The minimum atomic E-state index is 0.475. The lowest BCUT2D eigenvalue weighted by atomic mass is 10.0. The Morgan fingerprint density at radius 3 is 2.95 bits per heavy atom. The van der Waals surface area contributed by atoms with E-state index in [1.807, 2.05) is 26.0 Å². The summed E-state index contributed by atoms with van der Waals surface area (Å²) in [5, 5.41) is 8.20. The van der Waals surface area contributed by atoms with Crippen molar-refractivity contribution < 1.29 is 4.42 Å². The molecule has 0 aliphatic carbocycles. The number of rotatable bonds is 4. The normalized spacial score (nSPS) is 18.9. The summed E-state index contributed by atoms with van der Waals surface area (Å²) in [6, 6.07) is 4.44. The van der Waals surface area contributed by atoms with E-state index in [9.17, 15) is 0 Å². The van der Waals surface area contributed by atoms with Crippen molar-refractivity contribution in [2.75, 3.05) is 25.0 Å². The van der Waals surface area contributed by atoms with Crippen LogP contribution in [-0.2, 0) is 6.54 Å². The molecule has 0 saturated carbocycles. The summed E-state index contributed by atoms with van der Waals surface area (Å²) in [5.74, 6) is 2.67. The highest BCUT2D eigenvalue weighted by Gasteiger charge is 2.25. The van der Waals surface area contributed by atoms with Crippen LogP contribution in [0.4, 0.5) is 5.82 Å². The quantitative estimate of drug-likeness (QED) is 0.862. The topological polar surface area (TPSA) is 58.3 Å². The SMILES string of the molecule is Cc1nc(CN(C)[C@@H]2CCCN(c3cccnn3)C2)oc1C. The van der Waals surface area contributed by atoms with E-state index in [1.165, 1.54) is 6.42 Å². The molecule has 3 rings (SSSR count). The van der Waals surface area contributed by atoms with E-state index in [-0.39, 0.29) is 0 Å². The third-order valence-electron chi connectivity index (χ3n) is 4.36. The van der Waals surface area contributed by atoms with Gasteiger partial charge in [0.25, 0.3) is 0 Å². The second kappa shape index (κ2) is 6.44. The van der Waals surface area contributed by atoms with Gasteiger partial charge >= 0.3 is 0 Å². The first-order chi connectivity index (χ1) is 10.6. The molecule has 1 fully saturated rings. The standard InChI is InChI=1S/C16H23N5O/c1-12-13(2)22-16(18-12)11-20(3)14-6-5-9-21(10-14)15-7-4-8-17-19-15/h4,7-8,14H,5-6,9-11H2,1-3H3/t14-/m1/s1. The van der Waals surface area contributed by atoms with Gasteiger partial charge in [0.15, 0.2) is 5.82 Å². The first-order valence-electron chi connectivity index (χ1n) is 7.79. The van der Waals surface area contributed by atoms with Crippen LogP contribution in [0, 0.1) is 13.8 Å². The molecule has 0 spiro atoms. The molecule has 1 aliphatic rings. The zero-order valence-corrected chi connectivity index (χ0v) is 13.5. The predicted molar refractivity (Wildman–Crippen MR) is 84.7 cm³/mol. The van der Waals surface area contributed by atoms with E-state index in [0.29, 0.717) is 6.04 Å². The molecule has 6 heteroatoms. The molecular formula is C16H23N5O. The number of aryl methyl sites for hydroxylation is 2. The average molecular weight is 301 g/mol. The Morgan fingerprint density at radius 2 is 2.27 bits per heavy atom. The van der Waals surface area contributed by atoms with Gasteiger partial charge in [-0.3, -0.25) is 4.90 Å². The summed E-state index contributed by atoms with van der Waals surface area (Å²) in [6.45, 7) is 6.70. The van der Waals surface area contributed by atoms with Gasteiger partial charge in [-0.15, -0.1) is 5.10 Å². The van der Waals surface area contributed by atoms with Crippen molar-refractivity contribution in [2.45, 2.75) is 39.3 Å². The molecule has 2 aromatic rings. The van der Waals surface area contributed by atoms with Crippen LogP contribution in [0.3, 0.4) is 0 Å². The number of likely N-dealkylation sites (N-methyl/N-ethyl adjacent to an activating group) is 1. The van der Waals surface area contributed by atoms with Crippen LogP contribution in [-0.4, -0.2) is 46.3 Å². The largest absolute Gasteiger partial charge is 0.444 e. The van der Waals surface area contributed by atoms with Crippen LogP contribution < -0.4 is 4.90 Å². The third kappa shape index (κ3) is 3.27. The van der Waals surface area contributed by atoms with Crippen LogP contribution in [0.15, 0.2) is 22.7 Å². The lowest BCUT2D eigenvalue weighted by Gasteiger charge is -2.37. The first-order valence-corrected chi connectivity index (χ1v) is 7.79. The van der Waals surface area contributed by atoms with Crippen molar-refractivity contribution in [2.24, 2.45) is 0 Å². The van der Waals surface area contributed by atoms with E-state index in [1.54, 1.807) is 6.20 Å². The Bertz CT molecular complexity index is 593. The molecule has 1 aliphatic heterocycles. The number of piperidine rings is 1. The molecule has 22 heavy (non-hydrogen) atoms. The van der Waals surface area contributed by atoms with Gasteiger partial charge in [0.2, 0.25) is 5.89 Å². The molecule has 0 unspecified atom stereocenters. The summed E-state index contributed by atoms with van der Waals surface area (Å²) in [6.07, 6.45) is 4.06. The van der Waals surface area contributed by atoms with Gasteiger partial charge in [-0.25, -0.2) is 4.98 Å². The van der Waals surface area contributed by atoms with Gasteiger partial charge in [-0.1, -0.05) is 0 Å². The molecule has 0 bridgehead atoms. The Balaban J connectivity index is 1.64. The fourth-order valence-electron chi connectivity index (χ4n) is 2.93. The van der Waals surface area contributed by atoms with Crippen LogP contribution in [0.1, 0.15) is 30.2 Å². The van der Waals surface area contributed by atoms with Crippen LogP contribution in [0.5, 0.6) is 0 Å². The van der Waals surface area contributed by atoms with Gasteiger partial charge in [0, 0.05) is 25.3 Å². The summed E-state index contributed by atoms with van der Waals surface area (Å²) in [7, 11) is 2.14. The number of aromatic nitrogens is 3. The van der Waals surface area contributed by atoms with Crippen LogP contribution in [0.25, 0.3) is 0 Å². The molecule has 0 aromatic carbocycles. The number of hydrogen-bond acceptors (Lipinski definition) is 6. The summed E-state index contributed by atoms with van der Waals surface area (Å²) in [4.78, 5) is 9.11. The monoisotopic (exact) mass is 301 g/mol. The Labute approximate surface area is 131 Å². The zero-order chi connectivity index (χ0) is 15.5. The van der Waals surface area contributed by atoms with Gasteiger partial charge in [0.05, 0.1) is 12.2 Å². The minimum absolute atomic E-state index is 0.475. The van der Waals surface area contributed by atoms with Crippen LogP contribution >= 0.6 is 0 Å². The van der Waals surface area contributed by atoms with Gasteiger partial charge in [0.1, 0.15) is 5.76 Å². The Kier molecular flexibility index (Phi) is 4.38. The molecule has 0 radical (unpaired) electrons. The smallest absolute Gasteiger partial charge is 0.208 e. The summed E-state index contributed by atoms with van der Waals surface area (Å²) in [5.41, 5.74) is 0.980. The first kappa shape index (κ1) is 15.0. The number of hydrogen-bond donors (Lipinski definition) is 0. The molecular weight excluding hydrogens is 278 g/mol. The van der Waals surface area contributed by atoms with Crippen LogP contribution in [0.2, 0.25) is 0 Å². The fourth-order valence-corrected chi connectivity index (χ4v) is 2.93. The lowest BCUT2D eigenvalue weighted by molar-refractivity contribution is 0.189. The van der Waals surface area contributed by atoms with E-state index in [2.05, 4.69) is 32.0 Å². The fraction of sp³-hybridized carbons (Fsp3) is 0.562. The maximum atomic E-state index is 5.70. The lowest BCUT2D eigenvalue weighted by Crippen LogP contribution is -2.46. The maximum Gasteiger partial charge on any atom is 0.208 e. The molecule has 1 saturated heterocycles. The van der Waals surface area contributed by atoms with Crippen molar-refractivity contribution >= 4 is 5.82 Å². The average Bonchev–Trinajstić information content (AvgIpc) is 2.86. The van der Waals surface area contributed by atoms with Gasteiger partial charge < -0.3 is 9.32 Å². The number of anilines is 1. The molecule has 0 N–H and O–H groups in total. The van der Waals surface area contributed by atoms with Crippen molar-refractivity contribution in [1.29, 1.82) is 0 Å². The van der Waals surface area contributed by atoms with E-state index >= 15 is 0 Å². The second-order valence-electron chi connectivity index (χ2n) is 5.99. The van der Waals surface area contributed by atoms with E-state index in [4.69, 9.17) is 4.42 Å². The van der Waals surface area contributed by atoms with Gasteiger partial charge in [-0.2, -0.15) is 5.10 Å². The Hall–Kier alpha value is -1.95. The molecule has 0 amide bonds. The molecule has 3 heterocycles. The summed E-state index contributed by atoms with van der Waals surface area (Å²) >= 11 is 0. The van der Waals surface area contributed by atoms with Crippen molar-refractivity contribution in [3.63, 3.8) is 0 Å². The third-order valence-corrected chi connectivity index (χ3v) is 4.36. The zero-order valence-electron chi connectivity index (χ0n) is 13.5. The molecule has 1 atom stereocenters. The highest BCUT2D eigenvalue weighted by Crippen LogP contribution is 2.21. The minimum Gasteiger partial charge on any atom is -0.444 e. The Morgan fingerprint density at radius 1 is 1.41 bits per heavy atom. The number of oxazole rings is 1. The van der Waals surface area contributed by atoms with E-state index in [0.717, 1.165) is 49.2 Å². The number of nitrogens with zero attached hydrogens (tertiary/aromatic N) is 5.